The number of carbonyl (C=O) groups is 2. The van der Waals surface area contributed by atoms with Crippen LogP contribution in [0.15, 0.2) is 0 Å². The van der Waals surface area contributed by atoms with Gasteiger partial charge in [-0.15, -0.1) is 0 Å². The number of nitrogens with zero attached hydrogens (tertiary/aromatic N) is 1. The minimum absolute atomic E-state index is 0.0407. The zero-order valence-corrected chi connectivity index (χ0v) is 9.38. The molecule has 4 heteroatoms. The zero-order chi connectivity index (χ0) is 11.1. The van der Waals surface area contributed by atoms with Crippen molar-refractivity contribution >= 4 is 11.9 Å². The third kappa shape index (κ3) is 1.52. The van der Waals surface area contributed by atoms with E-state index in [1.165, 1.54) is 6.42 Å². The van der Waals surface area contributed by atoms with Gasteiger partial charge in [0.05, 0.1) is 5.92 Å². The summed E-state index contributed by atoms with van der Waals surface area (Å²) in [6.07, 6.45) is 4.34. The van der Waals surface area contributed by atoms with Crippen LogP contribution in [0.4, 0.5) is 4.79 Å². The van der Waals surface area contributed by atoms with Gasteiger partial charge in [-0.1, -0.05) is 13.8 Å². The largest absolute Gasteiger partial charge is 0.324 e. The number of imide groups is 1. The van der Waals surface area contributed by atoms with Gasteiger partial charge >= 0.3 is 6.03 Å². The molecule has 0 aromatic rings. The zero-order valence-electron chi connectivity index (χ0n) is 9.38. The van der Waals surface area contributed by atoms with E-state index in [1.807, 2.05) is 11.8 Å². The molecule has 84 valence electrons. The summed E-state index contributed by atoms with van der Waals surface area (Å²) in [7, 11) is 0. The number of amides is 3. The molecule has 2 rings (SSSR count). The van der Waals surface area contributed by atoms with Gasteiger partial charge in [-0.3, -0.25) is 10.1 Å². The quantitative estimate of drug-likeness (QED) is 0.751. The lowest BCUT2D eigenvalue weighted by Crippen LogP contribution is -2.64. The molecular weight excluding hydrogens is 192 g/mol. The van der Waals surface area contributed by atoms with Gasteiger partial charge < -0.3 is 4.90 Å². The third-order valence-corrected chi connectivity index (χ3v) is 3.89. The fourth-order valence-electron chi connectivity index (χ4n) is 2.54. The predicted molar refractivity (Wildman–Crippen MR) is 56.3 cm³/mol. The molecule has 15 heavy (non-hydrogen) atoms. The Morgan fingerprint density at radius 1 is 1.47 bits per heavy atom. The second-order valence-electron chi connectivity index (χ2n) is 4.74. The Morgan fingerprint density at radius 2 is 2.13 bits per heavy atom. The van der Waals surface area contributed by atoms with Crippen molar-refractivity contribution in [1.29, 1.82) is 0 Å². The normalized spacial score (nSPS) is 29.7. The molecule has 3 amide bonds. The van der Waals surface area contributed by atoms with Crippen LogP contribution in [0.2, 0.25) is 0 Å². The molecule has 1 saturated carbocycles. The highest BCUT2D eigenvalue weighted by molar-refractivity contribution is 5.98. The van der Waals surface area contributed by atoms with Crippen molar-refractivity contribution in [3.63, 3.8) is 0 Å². The number of carbonyl (C=O) groups excluding carboxylic acids is 2. The van der Waals surface area contributed by atoms with Gasteiger partial charge in [-0.2, -0.15) is 0 Å². The van der Waals surface area contributed by atoms with Gasteiger partial charge in [0.2, 0.25) is 5.91 Å². The van der Waals surface area contributed by atoms with E-state index in [0.717, 1.165) is 19.3 Å². The molecule has 0 aromatic carbocycles. The minimum atomic E-state index is -0.195. The van der Waals surface area contributed by atoms with E-state index < -0.39 is 0 Å². The Hall–Kier alpha value is -1.06. The van der Waals surface area contributed by atoms with Gasteiger partial charge in [0.25, 0.3) is 0 Å². The van der Waals surface area contributed by atoms with Gasteiger partial charge in [-0.05, 0) is 25.7 Å². The average Bonchev–Trinajstić information content (AvgIpc) is 2.12. The van der Waals surface area contributed by atoms with Crippen LogP contribution in [0.3, 0.4) is 0 Å². The molecule has 0 spiro atoms. The Balaban J connectivity index is 2.14. The van der Waals surface area contributed by atoms with Crippen LogP contribution in [0.25, 0.3) is 0 Å². The summed E-state index contributed by atoms with van der Waals surface area (Å²) in [5.41, 5.74) is 0.0407. The average molecular weight is 210 g/mol. The Labute approximate surface area is 90.0 Å². The first-order valence-electron chi connectivity index (χ1n) is 5.71. The number of hydrogen-bond donors (Lipinski definition) is 1. The van der Waals surface area contributed by atoms with E-state index in [-0.39, 0.29) is 23.4 Å². The van der Waals surface area contributed by atoms with Crippen LogP contribution in [-0.2, 0) is 4.79 Å². The first kappa shape index (κ1) is 10.5. The van der Waals surface area contributed by atoms with E-state index in [2.05, 4.69) is 12.2 Å². The second kappa shape index (κ2) is 3.51. The van der Waals surface area contributed by atoms with Crippen molar-refractivity contribution in [2.75, 3.05) is 6.54 Å². The number of hydrogen-bond acceptors (Lipinski definition) is 2. The van der Waals surface area contributed by atoms with Crippen LogP contribution in [0.1, 0.15) is 39.5 Å². The molecule has 0 aromatic heterocycles. The number of nitrogens with one attached hydrogen (secondary N) is 1. The standard InChI is InChI=1S/C11H18N2O2/c1-3-11(5-4-6-11)13-7-8(2)9(14)12-10(13)15/h8H,3-7H2,1-2H3,(H,12,14,15). The first-order chi connectivity index (χ1) is 7.09. The van der Waals surface area contributed by atoms with E-state index >= 15 is 0 Å². The highest BCUT2D eigenvalue weighted by Crippen LogP contribution is 2.41. The van der Waals surface area contributed by atoms with Crippen LogP contribution in [0.5, 0.6) is 0 Å². The fourth-order valence-corrected chi connectivity index (χ4v) is 2.54. The summed E-state index contributed by atoms with van der Waals surface area (Å²) in [4.78, 5) is 24.9. The van der Waals surface area contributed by atoms with E-state index in [0.29, 0.717) is 6.54 Å². The molecule has 1 saturated heterocycles. The Kier molecular flexibility index (Phi) is 2.44. The Morgan fingerprint density at radius 3 is 2.60 bits per heavy atom. The van der Waals surface area contributed by atoms with Crippen molar-refractivity contribution in [2.24, 2.45) is 5.92 Å². The van der Waals surface area contributed by atoms with E-state index in [9.17, 15) is 9.59 Å². The topological polar surface area (TPSA) is 49.4 Å². The lowest BCUT2D eigenvalue weighted by Gasteiger charge is -2.51. The minimum Gasteiger partial charge on any atom is -0.318 e. The molecule has 1 atom stereocenters. The summed E-state index contributed by atoms with van der Waals surface area (Å²) in [5.74, 6) is -0.214. The smallest absolute Gasteiger partial charge is 0.318 e. The highest BCUT2D eigenvalue weighted by Gasteiger charge is 2.46. The molecule has 2 fully saturated rings. The van der Waals surface area contributed by atoms with Crippen molar-refractivity contribution in [3.8, 4) is 0 Å². The molecule has 1 aliphatic carbocycles. The monoisotopic (exact) mass is 210 g/mol. The summed E-state index contributed by atoms with van der Waals surface area (Å²) in [6.45, 7) is 4.57. The van der Waals surface area contributed by atoms with Gasteiger partial charge in [0.1, 0.15) is 0 Å². The summed E-state index contributed by atoms with van der Waals surface area (Å²) < 4.78 is 0. The summed E-state index contributed by atoms with van der Waals surface area (Å²) in [5, 5.41) is 2.44. The molecule has 1 aliphatic heterocycles. The van der Waals surface area contributed by atoms with Crippen LogP contribution in [0, 0.1) is 5.92 Å². The lowest BCUT2D eigenvalue weighted by molar-refractivity contribution is -0.127. The predicted octanol–water partition coefficient (Wildman–Crippen LogP) is 1.51. The van der Waals surface area contributed by atoms with Crippen LogP contribution < -0.4 is 5.32 Å². The fraction of sp³-hybridized carbons (Fsp3) is 0.818. The maximum atomic E-state index is 11.7. The van der Waals surface area contributed by atoms with Gasteiger partial charge in [0.15, 0.2) is 0 Å². The number of rotatable bonds is 2. The number of urea groups is 1. The van der Waals surface area contributed by atoms with Crippen molar-refractivity contribution in [1.82, 2.24) is 10.2 Å². The first-order valence-corrected chi connectivity index (χ1v) is 5.71. The molecular formula is C11H18N2O2. The second-order valence-corrected chi connectivity index (χ2v) is 4.74. The van der Waals surface area contributed by atoms with E-state index in [1.54, 1.807) is 0 Å². The molecule has 1 N–H and O–H groups in total. The molecule has 1 unspecified atom stereocenters. The molecule has 0 radical (unpaired) electrons. The maximum Gasteiger partial charge on any atom is 0.324 e. The maximum absolute atomic E-state index is 11.7. The molecule has 2 aliphatic rings. The van der Waals surface area contributed by atoms with Gasteiger partial charge in [-0.25, -0.2) is 4.79 Å². The summed E-state index contributed by atoms with van der Waals surface area (Å²) >= 11 is 0. The molecule has 0 bridgehead atoms. The SMILES string of the molecule is CCC1(N2CC(C)C(=O)NC2=O)CCC1. The van der Waals surface area contributed by atoms with E-state index in [4.69, 9.17) is 0 Å². The van der Waals surface area contributed by atoms with Crippen LogP contribution in [-0.4, -0.2) is 28.9 Å². The van der Waals surface area contributed by atoms with Crippen molar-refractivity contribution in [2.45, 2.75) is 45.1 Å². The lowest BCUT2D eigenvalue weighted by atomic mass is 9.73. The Bertz CT molecular complexity index is 291. The summed E-state index contributed by atoms with van der Waals surface area (Å²) in [6, 6.07) is -0.195. The van der Waals surface area contributed by atoms with Crippen molar-refractivity contribution in [3.05, 3.63) is 0 Å². The molecule has 1 heterocycles. The molecule has 4 nitrogen and oxygen atoms in total. The highest BCUT2D eigenvalue weighted by atomic mass is 16.2. The van der Waals surface area contributed by atoms with Crippen molar-refractivity contribution < 1.29 is 9.59 Å². The third-order valence-electron chi connectivity index (χ3n) is 3.89. The van der Waals surface area contributed by atoms with Crippen LogP contribution >= 0.6 is 0 Å². The van der Waals surface area contributed by atoms with Gasteiger partial charge in [0, 0.05) is 12.1 Å².